The van der Waals surface area contributed by atoms with E-state index in [1.54, 1.807) is 0 Å². The summed E-state index contributed by atoms with van der Waals surface area (Å²) in [5.41, 5.74) is 6.86. The fourth-order valence-corrected chi connectivity index (χ4v) is 2.36. The summed E-state index contributed by atoms with van der Waals surface area (Å²) in [5.74, 6) is 2.60. The van der Waals surface area contributed by atoms with Crippen LogP contribution >= 0.6 is 0 Å². The van der Waals surface area contributed by atoms with E-state index in [0.717, 1.165) is 18.7 Å². The molecule has 0 saturated heterocycles. The summed E-state index contributed by atoms with van der Waals surface area (Å²) >= 11 is 0. The SMILES string of the molecule is CC(C)CN(CC(C)C)c1nc(N)nc(-c2ccccc2)n1. The van der Waals surface area contributed by atoms with Gasteiger partial charge < -0.3 is 10.6 Å². The lowest BCUT2D eigenvalue weighted by molar-refractivity contribution is 0.544. The van der Waals surface area contributed by atoms with Crippen molar-refractivity contribution in [2.24, 2.45) is 11.8 Å². The van der Waals surface area contributed by atoms with Crippen LogP contribution in [0.3, 0.4) is 0 Å². The average Bonchev–Trinajstić information content (AvgIpc) is 2.46. The van der Waals surface area contributed by atoms with Gasteiger partial charge in [0.15, 0.2) is 5.82 Å². The molecular weight excluding hydrogens is 274 g/mol. The molecule has 0 radical (unpaired) electrons. The Bertz CT molecular complexity index is 585. The van der Waals surface area contributed by atoms with E-state index in [1.807, 2.05) is 30.3 Å². The molecule has 2 rings (SSSR count). The van der Waals surface area contributed by atoms with Gasteiger partial charge in [-0.25, -0.2) is 0 Å². The first-order chi connectivity index (χ1) is 10.5. The molecule has 0 amide bonds. The number of nitrogens with zero attached hydrogens (tertiary/aromatic N) is 4. The molecule has 2 aromatic rings. The summed E-state index contributed by atoms with van der Waals surface area (Å²) in [6, 6.07) is 9.87. The minimum atomic E-state index is 0.265. The van der Waals surface area contributed by atoms with E-state index in [1.165, 1.54) is 0 Å². The molecule has 5 heteroatoms. The quantitative estimate of drug-likeness (QED) is 0.887. The monoisotopic (exact) mass is 299 g/mol. The zero-order chi connectivity index (χ0) is 16.1. The molecule has 0 unspecified atom stereocenters. The molecule has 0 saturated carbocycles. The summed E-state index contributed by atoms with van der Waals surface area (Å²) in [4.78, 5) is 15.4. The largest absolute Gasteiger partial charge is 0.368 e. The highest BCUT2D eigenvalue weighted by molar-refractivity contribution is 5.57. The van der Waals surface area contributed by atoms with Gasteiger partial charge in [-0.2, -0.15) is 15.0 Å². The van der Waals surface area contributed by atoms with Crippen molar-refractivity contribution in [1.29, 1.82) is 0 Å². The molecule has 0 bridgehead atoms. The number of anilines is 2. The Labute approximate surface area is 132 Å². The van der Waals surface area contributed by atoms with E-state index in [-0.39, 0.29) is 5.95 Å². The summed E-state index contributed by atoms with van der Waals surface area (Å²) in [6.45, 7) is 10.6. The predicted octanol–water partition coefficient (Wildman–Crippen LogP) is 3.24. The van der Waals surface area contributed by atoms with E-state index in [0.29, 0.717) is 23.6 Å². The van der Waals surface area contributed by atoms with Crippen molar-refractivity contribution in [3.63, 3.8) is 0 Å². The molecule has 1 aromatic heterocycles. The van der Waals surface area contributed by atoms with Gasteiger partial charge in [0, 0.05) is 18.7 Å². The van der Waals surface area contributed by atoms with E-state index in [4.69, 9.17) is 5.73 Å². The van der Waals surface area contributed by atoms with Crippen LogP contribution in [0.2, 0.25) is 0 Å². The zero-order valence-corrected chi connectivity index (χ0v) is 13.8. The van der Waals surface area contributed by atoms with Crippen molar-refractivity contribution in [2.45, 2.75) is 27.7 Å². The van der Waals surface area contributed by atoms with Gasteiger partial charge in [-0.1, -0.05) is 58.0 Å². The van der Waals surface area contributed by atoms with Crippen LogP contribution in [0.25, 0.3) is 11.4 Å². The molecule has 1 aromatic carbocycles. The second kappa shape index (κ2) is 7.20. The second-order valence-electron chi connectivity index (χ2n) is 6.38. The Morgan fingerprint density at radius 2 is 1.50 bits per heavy atom. The number of rotatable bonds is 6. The van der Waals surface area contributed by atoms with Gasteiger partial charge in [-0.05, 0) is 11.8 Å². The normalized spacial score (nSPS) is 11.2. The lowest BCUT2D eigenvalue weighted by atomic mass is 10.1. The Morgan fingerprint density at radius 3 is 2.05 bits per heavy atom. The third-order valence-electron chi connectivity index (χ3n) is 3.13. The molecule has 0 spiro atoms. The Kier molecular flexibility index (Phi) is 5.31. The van der Waals surface area contributed by atoms with Crippen molar-refractivity contribution in [3.05, 3.63) is 30.3 Å². The molecule has 5 nitrogen and oxygen atoms in total. The van der Waals surface area contributed by atoms with Gasteiger partial charge in [0.05, 0.1) is 0 Å². The van der Waals surface area contributed by atoms with Crippen molar-refractivity contribution >= 4 is 11.9 Å². The average molecular weight is 299 g/mol. The molecule has 22 heavy (non-hydrogen) atoms. The molecule has 0 aliphatic rings. The lowest BCUT2D eigenvalue weighted by Crippen LogP contribution is -2.33. The minimum absolute atomic E-state index is 0.265. The molecule has 0 aliphatic heterocycles. The van der Waals surface area contributed by atoms with Crippen LogP contribution in [0.1, 0.15) is 27.7 Å². The highest BCUT2D eigenvalue weighted by Gasteiger charge is 2.16. The third-order valence-corrected chi connectivity index (χ3v) is 3.13. The maximum Gasteiger partial charge on any atom is 0.230 e. The van der Waals surface area contributed by atoms with E-state index < -0.39 is 0 Å². The van der Waals surface area contributed by atoms with Gasteiger partial charge >= 0.3 is 0 Å². The molecule has 118 valence electrons. The Morgan fingerprint density at radius 1 is 0.909 bits per heavy atom. The highest BCUT2D eigenvalue weighted by Crippen LogP contribution is 2.20. The Balaban J connectivity index is 2.38. The van der Waals surface area contributed by atoms with Gasteiger partial charge in [-0.3, -0.25) is 0 Å². The van der Waals surface area contributed by atoms with Crippen LogP contribution in [-0.4, -0.2) is 28.0 Å². The minimum Gasteiger partial charge on any atom is -0.368 e. The molecule has 1 heterocycles. The molecule has 2 N–H and O–H groups in total. The van der Waals surface area contributed by atoms with Crippen LogP contribution < -0.4 is 10.6 Å². The summed E-state index contributed by atoms with van der Waals surface area (Å²) in [7, 11) is 0. The predicted molar refractivity (Wildman–Crippen MR) is 91.6 cm³/mol. The maximum absolute atomic E-state index is 5.91. The second-order valence-corrected chi connectivity index (χ2v) is 6.38. The third kappa shape index (κ3) is 4.41. The first kappa shape index (κ1) is 16.2. The number of hydrogen-bond donors (Lipinski definition) is 1. The summed E-state index contributed by atoms with van der Waals surface area (Å²) < 4.78 is 0. The summed E-state index contributed by atoms with van der Waals surface area (Å²) in [5, 5.41) is 0. The van der Waals surface area contributed by atoms with Crippen LogP contribution in [0.15, 0.2) is 30.3 Å². The highest BCUT2D eigenvalue weighted by atomic mass is 15.3. The zero-order valence-electron chi connectivity index (χ0n) is 13.8. The van der Waals surface area contributed by atoms with Gasteiger partial charge in [0.2, 0.25) is 11.9 Å². The first-order valence-electron chi connectivity index (χ1n) is 7.77. The van der Waals surface area contributed by atoms with Crippen molar-refractivity contribution < 1.29 is 0 Å². The van der Waals surface area contributed by atoms with Crippen molar-refractivity contribution in [1.82, 2.24) is 15.0 Å². The van der Waals surface area contributed by atoms with Gasteiger partial charge in [0.25, 0.3) is 0 Å². The van der Waals surface area contributed by atoms with Gasteiger partial charge in [-0.15, -0.1) is 0 Å². The lowest BCUT2D eigenvalue weighted by Gasteiger charge is -2.26. The standard InChI is InChI=1S/C17H25N5/c1-12(2)10-22(11-13(3)4)17-20-15(19-16(18)21-17)14-8-6-5-7-9-14/h5-9,12-13H,10-11H2,1-4H3,(H2,18,19,20,21). The van der Waals surface area contributed by atoms with Crippen molar-refractivity contribution in [3.8, 4) is 11.4 Å². The van der Waals surface area contributed by atoms with Crippen LogP contribution in [-0.2, 0) is 0 Å². The molecule has 0 atom stereocenters. The fraction of sp³-hybridized carbons (Fsp3) is 0.471. The molecular formula is C17H25N5. The van der Waals surface area contributed by atoms with E-state index in [9.17, 15) is 0 Å². The van der Waals surface area contributed by atoms with E-state index in [2.05, 4.69) is 47.5 Å². The maximum atomic E-state index is 5.91. The van der Waals surface area contributed by atoms with Crippen LogP contribution in [0, 0.1) is 11.8 Å². The summed E-state index contributed by atoms with van der Waals surface area (Å²) in [6.07, 6.45) is 0. The molecule has 0 fully saturated rings. The number of nitrogens with two attached hydrogens (primary N) is 1. The van der Waals surface area contributed by atoms with Crippen LogP contribution in [0.5, 0.6) is 0 Å². The number of aromatic nitrogens is 3. The van der Waals surface area contributed by atoms with Crippen molar-refractivity contribution in [2.75, 3.05) is 23.7 Å². The topological polar surface area (TPSA) is 67.9 Å². The Hall–Kier alpha value is -2.17. The van der Waals surface area contributed by atoms with Gasteiger partial charge in [0.1, 0.15) is 0 Å². The first-order valence-corrected chi connectivity index (χ1v) is 7.77. The smallest absolute Gasteiger partial charge is 0.230 e. The fourth-order valence-electron chi connectivity index (χ4n) is 2.36. The number of benzene rings is 1. The number of nitrogen functional groups attached to an aromatic ring is 1. The van der Waals surface area contributed by atoms with Crippen LogP contribution in [0.4, 0.5) is 11.9 Å². The molecule has 0 aliphatic carbocycles. The number of hydrogen-bond acceptors (Lipinski definition) is 5. The van der Waals surface area contributed by atoms with E-state index >= 15 is 0 Å².